The SMILES string of the molecule is Cn1nnnc1S[C@@]1(C)S[C@@H]2[C@H](N=C([O-])COc3ccccc3)C(=O)N2[C@@H]1C(=O)O.[Na+]. The van der Waals surface area contributed by atoms with Crippen molar-refractivity contribution in [2.45, 2.75) is 33.6 Å². The van der Waals surface area contributed by atoms with Gasteiger partial charge in [0.05, 0.1) is 4.08 Å². The van der Waals surface area contributed by atoms with Gasteiger partial charge < -0.3 is 19.8 Å². The van der Waals surface area contributed by atoms with Crippen molar-refractivity contribution in [2.24, 2.45) is 12.0 Å². The van der Waals surface area contributed by atoms with Crippen LogP contribution in [0.5, 0.6) is 5.75 Å². The number of aliphatic imine (C=N–C) groups is 1. The average Bonchev–Trinajstić information content (AvgIpc) is 3.24. The first-order chi connectivity index (χ1) is 14.3. The molecule has 1 aromatic carbocycles. The standard InChI is InChI=1S/C17H18N6O5S2.Na/c1-17(30-16-19-20-21-22(16)2)12(15(26)27)23-13(25)11(14(23)29-17)18-10(24)8-28-9-6-4-3-5-7-9;/h3-7,11-12,14H,8H2,1-2H3,(H,18,24)(H,26,27);/q;+1/p-1/t11-,12-,14-,17-;/m1./s1. The van der Waals surface area contributed by atoms with Gasteiger partial charge in [0.15, 0.2) is 12.1 Å². The number of hydrogen-bond donors (Lipinski definition) is 1. The van der Waals surface area contributed by atoms with E-state index in [-0.39, 0.29) is 36.2 Å². The maximum Gasteiger partial charge on any atom is 1.00 e. The Bertz CT molecular complexity index is 1010. The molecule has 3 heterocycles. The molecule has 11 nitrogen and oxygen atoms in total. The Kier molecular flexibility index (Phi) is 7.21. The van der Waals surface area contributed by atoms with Gasteiger partial charge in [-0.25, -0.2) is 9.48 Å². The molecule has 2 aliphatic rings. The van der Waals surface area contributed by atoms with Gasteiger partial charge in [-0.05, 0) is 35.4 Å². The maximum atomic E-state index is 12.6. The molecule has 0 aliphatic carbocycles. The number of aromatic nitrogens is 4. The molecule has 1 amide bonds. The first kappa shape index (κ1) is 23.9. The molecule has 0 spiro atoms. The molecule has 4 rings (SSSR count). The van der Waals surface area contributed by atoms with Gasteiger partial charge in [-0.1, -0.05) is 30.0 Å². The van der Waals surface area contributed by atoms with Crippen LogP contribution in [0.1, 0.15) is 6.92 Å². The van der Waals surface area contributed by atoms with Crippen LogP contribution >= 0.6 is 23.5 Å². The van der Waals surface area contributed by atoms with Crippen LogP contribution in [-0.4, -0.2) is 76.1 Å². The predicted molar refractivity (Wildman–Crippen MR) is 106 cm³/mol. The summed E-state index contributed by atoms with van der Waals surface area (Å²) in [6, 6.07) is 6.73. The Morgan fingerprint density at radius 1 is 1.42 bits per heavy atom. The first-order valence-corrected chi connectivity index (χ1v) is 10.6. The van der Waals surface area contributed by atoms with Crippen molar-refractivity contribution in [3.63, 3.8) is 0 Å². The van der Waals surface area contributed by atoms with Crippen LogP contribution in [0.4, 0.5) is 0 Å². The van der Waals surface area contributed by atoms with Crippen molar-refractivity contribution in [3.05, 3.63) is 30.3 Å². The van der Waals surface area contributed by atoms with Gasteiger partial charge in [-0.3, -0.25) is 9.79 Å². The molecule has 2 aliphatic heterocycles. The largest absolute Gasteiger partial charge is 1.00 e. The third-order valence-electron chi connectivity index (χ3n) is 4.68. The van der Waals surface area contributed by atoms with Crippen molar-refractivity contribution < 1.29 is 54.1 Å². The number of rotatable bonds is 7. The molecule has 1 aromatic heterocycles. The van der Waals surface area contributed by atoms with Gasteiger partial charge in [0, 0.05) is 7.05 Å². The fourth-order valence-electron chi connectivity index (χ4n) is 3.31. The zero-order chi connectivity index (χ0) is 21.5. The van der Waals surface area contributed by atoms with Crippen LogP contribution in [0.25, 0.3) is 0 Å². The maximum absolute atomic E-state index is 12.6. The first-order valence-electron chi connectivity index (χ1n) is 8.86. The Labute approximate surface area is 207 Å². The van der Waals surface area contributed by atoms with Crippen LogP contribution in [-0.2, 0) is 16.6 Å². The van der Waals surface area contributed by atoms with Crippen LogP contribution in [0.15, 0.2) is 40.5 Å². The molecule has 0 saturated carbocycles. The van der Waals surface area contributed by atoms with E-state index in [9.17, 15) is 19.8 Å². The molecule has 2 saturated heterocycles. The minimum atomic E-state index is -1.14. The van der Waals surface area contributed by atoms with Gasteiger partial charge >= 0.3 is 35.5 Å². The number of ether oxygens (including phenoxy) is 1. The fraction of sp³-hybridized carbons (Fsp3) is 0.412. The quantitative estimate of drug-likeness (QED) is 0.187. The number of tetrazole rings is 1. The molecule has 158 valence electrons. The van der Waals surface area contributed by atoms with Crippen molar-refractivity contribution in [1.82, 2.24) is 25.1 Å². The zero-order valence-corrected chi connectivity index (χ0v) is 20.5. The number of carbonyl (C=O) groups is 2. The van der Waals surface area contributed by atoms with E-state index in [0.717, 1.165) is 0 Å². The Balaban J connectivity index is 0.00000272. The smallest absolute Gasteiger partial charge is 0.860 e. The second kappa shape index (κ2) is 9.36. The molecule has 4 atom stereocenters. The summed E-state index contributed by atoms with van der Waals surface area (Å²) in [6.45, 7) is 1.42. The van der Waals surface area contributed by atoms with Gasteiger partial charge in [-0.2, -0.15) is 0 Å². The van der Waals surface area contributed by atoms with Crippen LogP contribution in [0, 0.1) is 0 Å². The number of benzene rings is 1. The summed E-state index contributed by atoms with van der Waals surface area (Å²) >= 11 is 2.43. The number of carbonyl (C=O) groups excluding carboxylic acids is 1. The summed E-state index contributed by atoms with van der Waals surface area (Å²) in [5, 5.41) is 33.0. The number of hydrogen-bond acceptors (Lipinski definition) is 10. The molecular weight excluding hydrogens is 455 g/mol. The van der Waals surface area contributed by atoms with Crippen LogP contribution in [0.2, 0.25) is 0 Å². The summed E-state index contributed by atoms with van der Waals surface area (Å²) in [7, 11) is 1.64. The molecule has 0 radical (unpaired) electrons. The number of thioether (sulfide) groups is 2. The molecule has 0 bridgehead atoms. The molecule has 31 heavy (non-hydrogen) atoms. The third kappa shape index (κ3) is 4.55. The van der Waals surface area contributed by atoms with Crippen molar-refractivity contribution >= 4 is 41.3 Å². The molecule has 2 aromatic rings. The van der Waals surface area contributed by atoms with E-state index >= 15 is 0 Å². The summed E-state index contributed by atoms with van der Waals surface area (Å²) in [5.41, 5.74) is 0. The van der Waals surface area contributed by atoms with E-state index in [0.29, 0.717) is 10.9 Å². The Morgan fingerprint density at radius 2 is 2.13 bits per heavy atom. The number of carboxylic acid groups (broad SMARTS) is 1. The van der Waals surface area contributed by atoms with Gasteiger partial charge in [-0.15, -0.1) is 16.9 Å². The Morgan fingerprint density at radius 3 is 2.74 bits per heavy atom. The van der Waals surface area contributed by atoms with E-state index in [1.165, 1.54) is 33.1 Å². The topological polar surface area (TPSA) is 146 Å². The molecule has 14 heteroatoms. The summed E-state index contributed by atoms with van der Waals surface area (Å²) in [5.74, 6) is -1.69. The van der Waals surface area contributed by atoms with E-state index < -0.39 is 39.3 Å². The molecular formula is C17H17N6NaO5S2. The van der Waals surface area contributed by atoms with Gasteiger partial charge in [0.1, 0.15) is 17.7 Å². The molecule has 2 fully saturated rings. The van der Waals surface area contributed by atoms with E-state index in [1.54, 1.807) is 38.2 Å². The van der Waals surface area contributed by atoms with Crippen molar-refractivity contribution in [3.8, 4) is 5.75 Å². The average molecular weight is 472 g/mol. The number of aryl methyl sites for hydroxylation is 1. The zero-order valence-electron chi connectivity index (χ0n) is 16.9. The number of para-hydroxylation sites is 1. The number of nitrogens with zero attached hydrogens (tertiary/aromatic N) is 6. The second-order valence-electron chi connectivity index (χ2n) is 6.77. The summed E-state index contributed by atoms with van der Waals surface area (Å²) in [4.78, 5) is 29.8. The minimum absolute atomic E-state index is 0. The van der Waals surface area contributed by atoms with E-state index in [4.69, 9.17) is 4.74 Å². The van der Waals surface area contributed by atoms with Crippen LogP contribution < -0.4 is 39.4 Å². The molecule has 0 unspecified atom stereocenters. The third-order valence-corrected chi connectivity index (χ3v) is 7.79. The van der Waals surface area contributed by atoms with Gasteiger partial charge in [0.2, 0.25) is 5.16 Å². The predicted octanol–water partition coefficient (Wildman–Crippen LogP) is -3.40. The van der Waals surface area contributed by atoms with Gasteiger partial charge in [0.25, 0.3) is 5.91 Å². The normalized spacial score (nSPS) is 27.3. The number of fused-ring (bicyclic) bond motifs is 1. The molecule has 1 N–H and O–H groups in total. The van der Waals surface area contributed by atoms with Crippen LogP contribution in [0.3, 0.4) is 0 Å². The van der Waals surface area contributed by atoms with Crippen molar-refractivity contribution in [2.75, 3.05) is 6.61 Å². The number of carboxylic acids is 1. The van der Waals surface area contributed by atoms with Crippen molar-refractivity contribution in [1.29, 1.82) is 0 Å². The van der Waals surface area contributed by atoms with E-state index in [2.05, 4.69) is 20.5 Å². The minimum Gasteiger partial charge on any atom is -0.860 e. The fourth-order valence-corrected chi connectivity index (χ4v) is 6.42. The summed E-state index contributed by atoms with van der Waals surface area (Å²) in [6.07, 6.45) is 0. The number of aliphatic carboxylic acids is 1. The Hall–Kier alpha value is -1.80. The summed E-state index contributed by atoms with van der Waals surface area (Å²) < 4.78 is 5.84. The van der Waals surface area contributed by atoms with E-state index in [1.807, 2.05) is 6.07 Å². The second-order valence-corrected chi connectivity index (χ2v) is 10.0. The number of β-lactam (4-membered cyclic amide) rings is 1. The monoisotopic (exact) mass is 472 g/mol. The number of amides is 1.